The van der Waals surface area contributed by atoms with Gasteiger partial charge < -0.3 is 10.8 Å². The lowest BCUT2D eigenvalue weighted by Gasteiger charge is -2.04. The molecular weight excluding hydrogens is 174 g/mol. The molecule has 0 amide bonds. The summed E-state index contributed by atoms with van der Waals surface area (Å²) < 4.78 is 0. The summed E-state index contributed by atoms with van der Waals surface area (Å²) in [4.78, 5) is 0. The third-order valence-corrected chi connectivity index (χ3v) is 1.99. The standard InChI is InChI=1S/C12H15NO/c1-3-4-5-6-10-8-11(13)12(14)7-9(10)2/h3-8,14H,13H2,1-2H3/b4-3-,6-5-. The summed E-state index contributed by atoms with van der Waals surface area (Å²) in [6.07, 6.45) is 7.81. The van der Waals surface area contributed by atoms with Gasteiger partial charge in [-0.3, -0.25) is 0 Å². The van der Waals surface area contributed by atoms with Crippen molar-refractivity contribution in [3.63, 3.8) is 0 Å². The Morgan fingerprint density at radius 3 is 2.64 bits per heavy atom. The van der Waals surface area contributed by atoms with Crippen LogP contribution in [0.25, 0.3) is 6.08 Å². The van der Waals surface area contributed by atoms with Crippen molar-refractivity contribution < 1.29 is 5.11 Å². The topological polar surface area (TPSA) is 46.2 Å². The second-order valence-corrected chi connectivity index (χ2v) is 3.15. The number of benzene rings is 1. The van der Waals surface area contributed by atoms with Gasteiger partial charge in [0.2, 0.25) is 0 Å². The van der Waals surface area contributed by atoms with Crippen LogP contribution in [0.3, 0.4) is 0 Å². The van der Waals surface area contributed by atoms with Crippen molar-refractivity contribution in [2.45, 2.75) is 13.8 Å². The Balaban J connectivity index is 3.04. The molecule has 0 aliphatic heterocycles. The first-order valence-corrected chi connectivity index (χ1v) is 4.53. The molecule has 0 aliphatic rings. The van der Waals surface area contributed by atoms with Crippen molar-refractivity contribution in [1.82, 2.24) is 0 Å². The highest BCUT2D eigenvalue weighted by molar-refractivity contribution is 5.65. The summed E-state index contributed by atoms with van der Waals surface area (Å²) in [5.74, 6) is 0.144. The molecule has 3 N–H and O–H groups in total. The Hall–Kier alpha value is -1.70. The minimum Gasteiger partial charge on any atom is -0.506 e. The maximum Gasteiger partial charge on any atom is 0.138 e. The normalized spacial score (nSPS) is 11.6. The van der Waals surface area contributed by atoms with Gasteiger partial charge in [-0.25, -0.2) is 0 Å². The van der Waals surface area contributed by atoms with Crippen molar-refractivity contribution in [3.05, 3.63) is 41.5 Å². The minimum absolute atomic E-state index is 0.144. The van der Waals surface area contributed by atoms with Crippen LogP contribution in [0.2, 0.25) is 0 Å². The van der Waals surface area contributed by atoms with Crippen molar-refractivity contribution in [2.75, 3.05) is 5.73 Å². The molecule has 74 valence electrons. The van der Waals surface area contributed by atoms with Crippen LogP contribution in [0.5, 0.6) is 5.75 Å². The molecule has 0 radical (unpaired) electrons. The zero-order valence-electron chi connectivity index (χ0n) is 8.49. The lowest BCUT2D eigenvalue weighted by molar-refractivity contribution is 0.477. The van der Waals surface area contributed by atoms with Crippen molar-refractivity contribution in [1.29, 1.82) is 0 Å². The molecular formula is C12H15NO. The van der Waals surface area contributed by atoms with E-state index in [-0.39, 0.29) is 5.75 Å². The lowest BCUT2D eigenvalue weighted by Crippen LogP contribution is -1.89. The number of phenolic OH excluding ortho intramolecular Hbond substituents is 1. The van der Waals surface area contributed by atoms with Crippen LogP contribution in [0.15, 0.2) is 30.4 Å². The van der Waals surface area contributed by atoms with Gasteiger partial charge in [0.15, 0.2) is 0 Å². The number of hydrogen-bond acceptors (Lipinski definition) is 2. The second-order valence-electron chi connectivity index (χ2n) is 3.15. The highest BCUT2D eigenvalue weighted by Crippen LogP contribution is 2.24. The monoisotopic (exact) mass is 189 g/mol. The maximum absolute atomic E-state index is 9.33. The van der Waals surface area contributed by atoms with Crippen LogP contribution in [0.4, 0.5) is 5.69 Å². The van der Waals surface area contributed by atoms with E-state index in [9.17, 15) is 5.11 Å². The second kappa shape index (κ2) is 4.51. The molecule has 0 saturated carbocycles. The van der Waals surface area contributed by atoms with Crippen molar-refractivity contribution in [3.8, 4) is 5.75 Å². The number of anilines is 1. The van der Waals surface area contributed by atoms with E-state index >= 15 is 0 Å². The summed E-state index contributed by atoms with van der Waals surface area (Å²) in [7, 11) is 0. The number of hydrogen-bond donors (Lipinski definition) is 2. The molecule has 2 heteroatoms. The Kier molecular flexibility index (Phi) is 3.35. The van der Waals surface area contributed by atoms with Crippen LogP contribution >= 0.6 is 0 Å². The molecule has 14 heavy (non-hydrogen) atoms. The number of aromatic hydroxyl groups is 1. The highest BCUT2D eigenvalue weighted by Gasteiger charge is 2.00. The first-order chi connectivity index (χ1) is 6.65. The molecule has 0 bridgehead atoms. The summed E-state index contributed by atoms with van der Waals surface area (Å²) >= 11 is 0. The van der Waals surface area contributed by atoms with Gasteiger partial charge in [0.05, 0.1) is 5.69 Å². The predicted molar refractivity (Wildman–Crippen MR) is 61.1 cm³/mol. The zero-order chi connectivity index (χ0) is 10.6. The van der Waals surface area contributed by atoms with Gasteiger partial charge in [-0.2, -0.15) is 0 Å². The highest BCUT2D eigenvalue weighted by atomic mass is 16.3. The predicted octanol–water partition coefficient (Wildman–Crippen LogP) is 2.87. The SMILES string of the molecule is C/C=C\C=C/c1cc(N)c(O)cc1C. The van der Waals surface area contributed by atoms with Crippen LogP contribution in [0, 0.1) is 6.92 Å². The smallest absolute Gasteiger partial charge is 0.138 e. The number of phenols is 1. The first-order valence-electron chi connectivity index (χ1n) is 4.53. The van der Waals surface area contributed by atoms with E-state index in [4.69, 9.17) is 5.73 Å². The number of aryl methyl sites for hydroxylation is 1. The first kappa shape index (κ1) is 10.4. The molecule has 0 saturated heterocycles. The summed E-state index contributed by atoms with van der Waals surface area (Å²) in [6.45, 7) is 3.90. The average molecular weight is 189 g/mol. The summed E-state index contributed by atoms with van der Waals surface area (Å²) in [5.41, 5.74) is 8.04. The molecule has 0 spiro atoms. The Morgan fingerprint density at radius 1 is 1.29 bits per heavy atom. The molecule has 0 unspecified atom stereocenters. The Bertz CT molecular complexity index is 378. The molecule has 0 aliphatic carbocycles. The van der Waals surface area contributed by atoms with Gasteiger partial charge in [-0.15, -0.1) is 0 Å². The average Bonchev–Trinajstić information content (AvgIpc) is 2.14. The molecule has 1 rings (SSSR count). The van der Waals surface area contributed by atoms with Crippen molar-refractivity contribution in [2.24, 2.45) is 0 Å². The summed E-state index contributed by atoms with van der Waals surface area (Å²) in [5, 5.41) is 9.33. The van der Waals surface area contributed by atoms with E-state index in [2.05, 4.69) is 0 Å². The number of rotatable bonds is 2. The number of nitrogen functional groups attached to an aromatic ring is 1. The van der Waals surface area contributed by atoms with Gasteiger partial charge in [-0.05, 0) is 37.1 Å². The fraction of sp³-hybridized carbons (Fsp3) is 0.167. The van der Waals surface area contributed by atoms with Gasteiger partial charge in [0.25, 0.3) is 0 Å². The molecule has 1 aromatic carbocycles. The van der Waals surface area contributed by atoms with E-state index in [1.54, 1.807) is 12.1 Å². The number of allylic oxidation sites excluding steroid dienone is 3. The van der Waals surface area contributed by atoms with Crippen LogP contribution in [-0.2, 0) is 0 Å². The fourth-order valence-corrected chi connectivity index (χ4v) is 1.18. The van der Waals surface area contributed by atoms with E-state index in [0.717, 1.165) is 11.1 Å². The van der Waals surface area contributed by atoms with E-state index < -0.39 is 0 Å². The lowest BCUT2D eigenvalue weighted by atomic mass is 10.1. The quantitative estimate of drug-likeness (QED) is 0.427. The zero-order valence-corrected chi connectivity index (χ0v) is 8.49. The minimum atomic E-state index is 0.144. The maximum atomic E-state index is 9.33. The molecule has 0 aromatic heterocycles. The molecule has 0 heterocycles. The molecule has 1 aromatic rings. The molecule has 0 fully saturated rings. The van der Waals surface area contributed by atoms with Gasteiger partial charge in [-0.1, -0.05) is 24.3 Å². The molecule has 2 nitrogen and oxygen atoms in total. The largest absolute Gasteiger partial charge is 0.506 e. The van der Waals surface area contributed by atoms with Gasteiger partial charge in [0.1, 0.15) is 5.75 Å². The van der Waals surface area contributed by atoms with E-state index in [1.807, 2.05) is 38.2 Å². The third-order valence-electron chi connectivity index (χ3n) is 1.99. The fourth-order valence-electron chi connectivity index (χ4n) is 1.18. The van der Waals surface area contributed by atoms with E-state index in [1.165, 1.54) is 0 Å². The Morgan fingerprint density at radius 2 is 2.00 bits per heavy atom. The van der Waals surface area contributed by atoms with Crippen molar-refractivity contribution >= 4 is 11.8 Å². The van der Waals surface area contributed by atoms with Crippen LogP contribution in [0.1, 0.15) is 18.1 Å². The van der Waals surface area contributed by atoms with Crippen LogP contribution < -0.4 is 5.73 Å². The molecule has 0 atom stereocenters. The van der Waals surface area contributed by atoms with Crippen LogP contribution in [-0.4, -0.2) is 5.11 Å². The summed E-state index contributed by atoms with van der Waals surface area (Å²) in [6, 6.07) is 3.44. The Labute approximate surface area is 84.4 Å². The third kappa shape index (κ3) is 2.39. The van der Waals surface area contributed by atoms with Gasteiger partial charge >= 0.3 is 0 Å². The van der Waals surface area contributed by atoms with E-state index in [0.29, 0.717) is 5.69 Å². The number of nitrogens with two attached hydrogens (primary N) is 1. The van der Waals surface area contributed by atoms with Gasteiger partial charge in [0, 0.05) is 0 Å².